The molecule has 5 rings (SSSR count). The van der Waals surface area contributed by atoms with Gasteiger partial charge < -0.3 is 10.1 Å². The van der Waals surface area contributed by atoms with Gasteiger partial charge in [-0.05, 0) is 63.1 Å². The molecule has 2 aliphatic rings. The normalized spacial score (nSPS) is 18.7. The van der Waals surface area contributed by atoms with Crippen molar-refractivity contribution in [3.05, 3.63) is 34.2 Å². The molecule has 1 N–H and O–H groups in total. The second-order valence-electron chi connectivity index (χ2n) is 8.29. The minimum absolute atomic E-state index is 0.0530. The molecule has 1 atom stereocenters. The van der Waals surface area contributed by atoms with E-state index in [0.717, 1.165) is 47.9 Å². The molecule has 0 bridgehead atoms. The third kappa shape index (κ3) is 4.02. The van der Waals surface area contributed by atoms with E-state index < -0.39 is 27.9 Å². The van der Waals surface area contributed by atoms with Gasteiger partial charge in [-0.2, -0.15) is 13.1 Å². The van der Waals surface area contributed by atoms with Gasteiger partial charge >= 0.3 is 5.97 Å². The Morgan fingerprint density at radius 1 is 1.21 bits per heavy atom. The van der Waals surface area contributed by atoms with Crippen LogP contribution in [0.4, 0.5) is 5.00 Å². The Bertz CT molecular complexity index is 1360. The van der Waals surface area contributed by atoms with Gasteiger partial charge in [0.2, 0.25) is 15.9 Å². The van der Waals surface area contributed by atoms with Gasteiger partial charge in [-0.15, -0.1) is 11.3 Å². The molecule has 12 heteroatoms. The average molecular weight is 521 g/mol. The fourth-order valence-electron chi connectivity index (χ4n) is 4.67. The maximum Gasteiger partial charge on any atom is 0.341 e. The maximum atomic E-state index is 13.5. The monoisotopic (exact) mass is 520 g/mol. The van der Waals surface area contributed by atoms with Crippen LogP contribution in [0.25, 0.3) is 11.0 Å². The van der Waals surface area contributed by atoms with Crippen LogP contribution in [0.1, 0.15) is 53.4 Å². The second-order valence-corrected chi connectivity index (χ2v) is 11.8. The smallest absolute Gasteiger partial charge is 0.341 e. The third-order valence-corrected chi connectivity index (χ3v) is 9.92. The molecular formula is C22H24N4O5S3. The van der Waals surface area contributed by atoms with Crippen LogP contribution in [-0.2, 0) is 32.4 Å². The van der Waals surface area contributed by atoms with Crippen LogP contribution in [0, 0.1) is 0 Å². The zero-order chi connectivity index (χ0) is 23.9. The molecule has 3 heterocycles. The predicted octanol–water partition coefficient (Wildman–Crippen LogP) is 3.60. The third-order valence-electron chi connectivity index (χ3n) is 6.23. The molecule has 1 fully saturated rings. The summed E-state index contributed by atoms with van der Waals surface area (Å²) >= 11 is 2.34. The van der Waals surface area contributed by atoms with Crippen molar-refractivity contribution >= 4 is 61.0 Å². The highest BCUT2D eigenvalue weighted by Crippen LogP contribution is 2.39. The zero-order valence-electron chi connectivity index (χ0n) is 18.6. The number of amides is 1. The van der Waals surface area contributed by atoms with E-state index in [2.05, 4.69) is 14.1 Å². The van der Waals surface area contributed by atoms with E-state index in [0.29, 0.717) is 34.4 Å². The number of carbonyl (C=O) groups excluding carboxylic acids is 2. The lowest BCUT2D eigenvalue weighted by molar-refractivity contribution is -0.119. The van der Waals surface area contributed by atoms with Gasteiger partial charge in [-0.1, -0.05) is 6.07 Å². The van der Waals surface area contributed by atoms with Crippen molar-refractivity contribution in [3.8, 4) is 0 Å². The molecule has 180 valence electrons. The Morgan fingerprint density at radius 2 is 2.03 bits per heavy atom. The number of fused-ring (bicyclic) bond motifs is 2. The van der Waals surface area contributed by atoms with Crippen LogP contribution < -0.4 is 5.32 Å². The summed E-state index contributed by atoms with van der Waals surface area (Å²) in [5.74, 6) is -0.885. The average Bonchev–Trinajstić information content (AvgIpc) is 3.56. The molecule has 34 heavy (non-hydrogen) atoms. The van der Waals surface area contributed by atoms with Crippen LogP contribution in [0.5, 0.6) is 0 Å². The Hall–Kier alpha value is -2.41. The van der Waals surface area contributed by atoms with Gasteiger partial charge in [-0.25, -0.2) is 13.2 Å². The highest BCUT2D eigenvalue weighted by molar-refractivity contribution is 7.89. The van der Waals surface area contributed by atoms with E-state index in [1.807, 2.05) is 0 Å². The Kier molecular flexibility index (Phi) is 6.40. The van der Waals surface area contributed by atoms with E-state index >= 15 is 0 Å². The lowest BCUT2D eigenvalue weighted by Gasteiger charge is -2.23. The van der Waals surface area contributed by atoms with E-state index in [1.54, 1.807) is 19.1 Å². The largest absolute Gasteiger partial charge is 0.462 e. The van der Waals surface area contributed by atoms with Gasteiger partial charge in [0.1, 0.15) is 27.0 Å². The first-order valence-electron chi connectivity index (χ1n) is 11.3. The SMILES string of the molecule is CCOC(=O)c1c(NC(=O)[C@H]2CCCN2S(=O)(=O)c2cccc3nsnc23)sc2c1CCCC2. The molecule has 0 radical (unpaired) electrons. The summed E-state index contributed by atoms with van der Waals surface area (Å²) < 4.78 is 41.9. The number of aryl methyl sites for hydroxylation is 1. The quantitative estimate of drug-likeness (QED) is 0.493. The summed E-state index contributed by atoms with van der Waals surface area (Å²) in [4.78, 5) is 27.2. The Balaban J connectivity index is 1.45. The fraction of sp³-hybridized carbons (Fsp3) is 0.455. The molecule has 3 aromatic rings. The van der Waals surface area contributed by atoms with Crippen molar-refractivity contribution in [1.29, 1.82) is 0 Å². The molecular weight excluding hydrogens is 496 g/mol. The molecule has 0 spiro atoms. The van der Waals surface area contributed by atoms with Crippen LogP contribution in [0.15, 0.2) is 23.1 Å². The molecule has 0 unspecified atom stereocenters. The van der Waals surface area contributed by atoms with Crippen molar-refractivity contribution in [2.75, 3.05) is 18.5 Å². The Labute approximate surface area is 205 Å². The highest BCUT2D eigenvalue weighted by atomic mass is 32.2. The van der Waals surface area contributed by atoms with Crippen molar-refractivity contribution < 1.29 is 22.7 Å². The number of sulfonamides is 1. The number of benzene rings is 1. The topological polar surface area (TPSA) is 119 Å². The summed E-state index contributed by atoms with van der Waals surface area (Å²) in [7, 11) is -3.97. The first kappa shape index (κ1) is 23.3. The van der Waals surface area contributed by atoms with Gasteiger partial charge in [0.15, 0.2) is 0 Å². The summed E-state index contributed by atoms with van der Waals surface area (Å²) in [6.07, 6.45) is 4.61. The highest BCUT2D eigenvalue weighted by Gasteiger charge is 2.41. The van der Waals surface area contributed by atoms with Crippen molar-refractivity contribution in [2.45, 2.75) is 56.4 Å². The first-order valence-corrected chi connectivity index (χ1v) is 14.3. The molecule has 2 aromatic heterocycles. The molecule has 1 aliphatic heterocycles. The number of ether oxygens (including phenoxy) is 1. The number of nitrogens with one attached hydrogen (secondary N) is 1. The summed E-state index contributed by atoms with van der Waals surface area (Å²) in [6, 6.07) is 3.96. The number of nitrogens with zero attached hydrogens (tertiary/aromatic N) is 3. The van der Waals surface area contributed by atoms with Crippen molar-refractivity contribution in [3.63, 3.8) is 0 Å². The lowest BCUT2D eigenvalue weighted by atomic mass is 9.95. The summed E-state index contributed by atoms with van der Waals surface area (Å²) in [5.41, 5.74) is 2.19. The molecule has 1 aliphatic carbocycles. The van der Waals surface area contributed by atoms with Gasteiger partial charge in [0.05, 0.1) is 23.9 Å². The minimum atomic E-state index is -3.97. The number of esters is 1. The summed E-state index contributed by atoms with van der Waals surface area (Å²) in [5, 5.41) is 3.33. The van der Waals surface area contributed by atoms with Gasteiger partial charge in [0.25, 0.3) is 0 Å². The molecule has 0 saturated carbocycles. The Morgan fingerprint density at radius 3 is 2.85 bits per heavy atom. The molecule has 9 nitrogen and oxygen atoms in total. The van der Waals surface area contributed by atoms with Crippen LogP contribution >= 0.6 is 23.1 Å². The molecule has 1 amide bonds. The van der Waals surface area contributed by atoms with Crippen LogP contribution in [0.3, 0.4) is 0 Å². The number of carbonyl (C=O) groups is 2. The zero-order valence-corrected chi connectivity index (χ0v) is 21.0. The van der Waals surface area contributed by atoms with Gasteiger partial charge in [0, 0.05) is 11.4 Å². The number of aromatic nitrogens is 2. The fourth-order valence-corrected chi connectivity index (χ4v) is 8.37. The van der Waals surface area contributed by atoms with E-state index in [4.69, 9.17) is 4.74 Å². The second kappa shape index (κ2) is 9.33. The van der Waals surface area contributed by atoms with Gasteiger partial charge in [-0.3, -0.25) is 4.79 Å². The van der Waals surface area contributed by atoms with Crippen molar-refractivity contribution in [2.24, 2.45) is 0 Å². The maximum absolute atomic E-state index is 13.5. The van der Waals surface area contributed by atoms with Crippen molar-refractivity contribution in [1.82, 2.24) is 13.1 Å². The van der Waals surface area contributed by atoms with E-state index in [1.165, 1.54) is 21.7 Å². The predicted molar refractivity (Wildman–Crippen MR) is 130 cm³/mol. The summed E-state index contributed by atoms with van der Waals surface area (Å²) in [6.45, 7) is 2.22. The number of hydrogen-bond acceptors (Lipinski definition) is 9. The van der Waals surface area contributed by atoms with Crippen LogP contribution in [0.2, 0.25) is 0 Å². The molecule has 1 aromatic carbocycles. The number of thiophene rings is 1. The number of rotatable bonds is 6. The molecule has 1 saturated heterocycles. The minimum Gasteiger partial charge on any atom is -0.462 e. The standard InChI is InChI=1S/C22H24N4O5S3/c1-2-31-22(28)18-13-7-3-4-10-16(13)32-21(18)23-20(27)15-9-6-12-26(15)34(29,30)17-11-5-8-14-19(17)25-33-24-14/h5,8,11,15H,2-4,6-7,9-10,12H2,1H3,(H,23,27)/t15-/m1/s1. The van der Waals surface area contributed by atoms with E-state index in [-0.39, 0.29) is 18.0 Å². The van der Waals surface area contributed by atoms with Crippen LogP contribution in [-0.4, -0.2) is 52.5 Å². The lowest BCUT2D eigenvalue weighted by Crippen LogP contribution is -2.43. The first-order chi connectivity index (χ1) is 16.4. The number of hydrogen-bond donors (Lipinski definition) is 1. The number of anilines is 1. The van der Waals surface area contributed by atoms with E-state index in [9.17, 15) is 18.0 Å².